The van der Waals surface area contributed by atoms with Crippen molar-refractivity contribution in [1.29, 1.82) is 0 Å². The minimum Gasteiger partial charge on any atom is -0.351 e. The third kappa shape index (κ3) is 0.754. The first kappa shape index (κ1) is 7.14. The highest BCUT2D eigenvalue weighted by atomic mass is 16.2. The van der Waals surface area contributed by atoms with Gasteiger partial charge in [-0.1, -0.05) is 6.42 Å². The second-order valence-electron chi connectivity index (χ2n) is 4.48. The lowest BCUT2D eigenvalue weighted by Gasteiger charge is -2.47. The summed E-state index contributed by atoms with van der Waals surface area (Å²) in [4.78, 5) is 11.2. The van der Waals surface area contributed by atoms with Crippen molar-refractivity contribution >= 4 is 5.91 Å². The molecule has 0 unspecified atom stereocenters. The molecule has 1 spiro atoms. The van der Waals surface area contributed by atoms with Crippen molar-refractivity contribution in [2.24, 2.45) is 5.41 Å². The molecule has 0 aromatic heterocycles. The van der Waals surface area contributed by atoms with Crippen molar-refractivity contribution in [1.82, 2.24) is 5.32 Å². The van der Waals surface area contributed by atoms with Crippen molar-refractivity contribution in [3.63, 3.8) is 0 Å². The van der Waals surface area contributed by atoms with Gasteiger partial charge in [0.1, 0.15) is 0 Å². The molecule has 0 aromatic carbocycles. The average molecular weight is 153 g/mol. The van der Waals surface area contributed by atoms with E-state index in [9.17, 15) is 4.79 Å². The van der Waals surface area contributed by atoms with Gasteiger partial charge in [0.05, 0.1) is 0 Å². The molecule has 2 aliphatic rings. The van der Waals surface area contributed by atoms with Crippen LogP contribution in [0.2, 0.25) is 0 Å². The standard InChI is InChI=1S/C9H15NO/c1-8(2)9(4-3-5-9)6-7(11)10-8/h3-6H2,1-2H3,(H,10,11). The first-order valence-corrected chi connectivity index (χ1v) is 4.37. The third-order valence-corrected chi connectivity index (χ3v) is 3.59. The summed E-state index contributed by atoms with van der Waals surface area (Å²) in [6, 6.07) is 0. The summed E-state index contributed by atoms with van der Waals surface area (Å²) in [7, 11) is 0. The van der Waals surface area contributed by atoms with Gasteiger partial charge in [-0.2, -0.15) is 0 Å². The summed E-state index contributed by atoms with van der Waals surface area (Å²) >= 11 is 0. The molecule has 2 nitrogen and oxygen atoms in total. The predicted molar refractivity (Wildman–Crippen MR) is 43.1 cm³/mol. The Morgan fingerprint density at radius 2 is 2.00 bits per heavy atom. The number of hydrogen-bond donors (Lipinski definition) is 1. The van der Waals surface area contributed by atoms with Crippen LogP contribution < -0.4 is 5.32 Å². The van der Waals surface area contributed by atoms with Crippen molar-refractivity contribution in [2.75, 3.05) is 0 Å². The zero-order chi connectivity index (χ0) is 8.11. The molecular weight excluding hydrogens is 138 g/mol. The molecule has 1 amide bonds. The molecule has 0 radical (unpaired) electrons. The van der Waals surface area contributed by atoms with E-state index in [1.54, 1.807) is 0 Å². The third-order valence-electron chi connectivity index (χ3n) is 3.59. The zero-order valence-corrected chi connectivity index (χ0v) is 7.24. The number of rotatable bonds is 0. The van der Waals surface area contributed by atoms with Gasteiger partial charge in [-0.15, -0.1) is 0 Å². The summed E-state index contributed by atoms with van der Waals surface area (Å²) in [5.74, 6) is 0.245. The highest BCUT2D eigenvalue weighted by Gasteiger charge is 2.55. The van der Waals surface area contributed by atoms with E-state index < -0.39 is 0 Å². The minimum absolute atomic E-state index is 0.0579. The fourth-order valence-corrected chi connectivity index (χ4v) is 2.46. The number of hydrogen-bond acceptors (Lipinski definition) is 1. The van der Waals surface area contributed by atoms with Gasteiger partial charge in [-0.25, -0.2) is 0 Å². The SMILES string of the molecule is CC1(C)NC(=O)CC12CCC2. The van der Waals surface area contributed by atoms with Gasteiger partial charge in [0, 0.05) is 17.4 Å². The van der Waals surface area contributed by atoms with Crippen LogP contribution in [0.25, 0.3) is 0 Å². The maximum absolute atomic E-state index is 11.2. The first-order valence-electron chi connectivity index (χ1n) is 4.37. The van der Waals surface area contributed by atoms with Gasteiger partial charge in [0.15, 0.2) is 0 Å². The van der Waals surface area contributed by atoms with Crippen LogP contribution in [0.3, 0.4) is 0 Å². The largest absolute Gasteiger partial charge is 0.351 e. The summed E-state index contributed by atoms with van der Waals surface area (Å²) in [6.07, 6.45) is 4.54. The highest BCUT2D eigenvalue weighted by Crippen LogP contribution is 2.54. The summed E-state index contributed by atoms with van der Waals surface area (Å²) in [5, 5.41) is 3.05. The van der Waals surface area contributed by atoms with Gasteiger partial charge >= 0.3 is 0 Å². The number of nitrogens with one attached hydrogen (secondary N) is 1. The Morgan fingerprint density at radius 1 is 1.36 bits per heavy atom. The van der Waals surface area contributed by atoms with E-state index in [-0.39, 0.29) is 11.4 Å². The molecule has 1 saturated carbocycles. The molecule has 1 aliphatic carbocycles. The molecule has 11 heavy (non-hydrogen) atoms. The van der Waals surface area contributed by atoms with E-state index in [0.29, 0.717) is 5.41 Å². The monoisotopic (exact) mass is 153 g/mol. The second kappa shape index (κ2) is 1.79. The summed E-state index contributed by atoms with van der Waals surface area (Å²) in [5.41, 5.74) is 0.381. The molecule has 0 bridgehead atoms. The van der Waals surface area contributed by atoms with E-state index in [4.69, 9.17) is 0 Å². The molecular formula is C9H15NO. The van der Waals surface area contributed by atoms with Crippen molar-refractivity contribution in [3.05, 3.63) is 0 Å². The predicted octanol–water partition coefficient (Wildman–Crippen LogP) is 1.46. The van der Waals surface area contributed by atoms with Crippen LogP contribution in [-0.4, -0.2) is 11.4 Å². The maximum atomic E-state index is 11.2. The van der Waals surface area contributed by atoms with Gasteiger partial charge in [0.25, 0.3) is 0 Å². The van der Waals surface area contributed by atoms with Crippen LogP contribution in [-0.2, 0) is 4.79 Å². The molecule has 1 saturated heterocycles. The van der Waals surface area contributed by atoms with Crippen LogP contribution >= 0.6 is 0 Å². The smallest absolute Gasteiger partial charge is 0.221 e. The van der Waals surface area contributed by atoms with Crippen molar-refractivity contribution < 1.29 is 4.79 Å². The minimum atomic E-state index is 0.0579. The lowest BCUT2D eigenvalue weighted by atomic mass is 9.59. The van der Waals surface area contributed by atoms with Crippen LogP contribution in [0.1, 0.15) is 39.5 Å². The Balaban J connectivity index is 2.27. The molecule has 62 valence electrons. The molecule has 2 rings (SSSR count). The Labute approximate surface area is 67.4 Å². The summed E-state index contributed by atoms with van der Waals surface area (Å²) in [6.45, 7) is 4.30. The van der Waals surface area contributed by atoms with Crippen LogP contribution in [0.15, 0.2) is 0 Å². The van der Waals surface area contributed by atoms with Crippen LogP contribution in [0.5, 0.6) is 0 Å². The molecule has 0 atom stereocenters. The molecule has 1 aliphatic heterocycles. The Morgan fingerprint density at radius 3 is 2.18 bits per heavy atom. The fraction of sp³-hybridized carbons (Fsp3) is 0.889. The number of carbonyl (C=O) groups is 1. The van der Waals surface area contributed by atoms with Gasteiger partial charge in [0.2, 0.25) is 5.91 Å². The Bertz CT molecular complexity index is 204. The number of carbonyl (C=O) groups excluding carboxylic acids is 1. The summed E-state index contributed by atoms with van der Waals surface area (Å²) < 4.78 is 0. The van der Waals surface area contributed by atoms with E-state index in [1.165, 1.54) is 19.3 Å². The van der Waals surface area contributed by atoms with Gasteiger partial charge < -0.3 is 5.32 Å². The molecule has 0 aromatic rings. The quantitative estimate of drug-likeness (QED) is 0.560. The normalized spacial score (nSPS) is 31.6. The van der Waals surface area contributed by atoms with E-state index in [0.717, 1.165) is 6.42 Å². The molecule has 1 heterocycles. The Kier molecular flexibility index (Phi) is 1.16. The zero-order valence-electron chi connectivity index (χ0n) is 7.24. The highest BCUT2D eigenvalue weighted by molar-refractivity contribution is 5.81. The van der Waals surface area contributed by atoms with Gasteiger partial charge in [-0.05, 0) is 26.7 Å². The van der Waals surface area contributed by atoms with Gasteiger partial charge in [-0.3, -0.25) is 4.79 Å². The average Bonchev–Trinajstić information content (AvgIpc) is 1.98. The number of amides is 1. The lowest BCUT2D eigenvalue weighted by molar-refractivity contribution is -0.120. The maximum Gasteiger partial charge on any atom is 0.221 e. The van der Waals surface area contributed by atoms with E-state index in [1.807, 2.05) is 0 Å². The van der Waals surface area contributed by atoms with Crippen molar-refractivity contribution in [3.8, 4) is 0 Å². The first-order chi connectivity index (χ1) is 5.06. The second-order valence-corrected chi connectivity index (χ2v) is 4.48. The van der Waals surface area contributed by atoms with Crippen LogP contribution in [0.4, 0.5) is 0 Å². The van der Waals surface area contributed by atoms with Crippen molar-refractivity contribution in [2.45, 2.75) is 45.1 Å². The Hall–Kier alpha value is -0.530. The topological polar surface area (TPSA) is 29.1 Å². The van der Waals surface area contributed by atoms with E-state index in [2.05, 4.69) is 19.2 Å². The van der Waals surface area contributed by atoms with E-state index >= 15 is 0 Å². The van der Waals surface area contributed by atoms with Crippen LogP contribution in [0, 0.1) is 5.41 Å². The fourth-order valence-electron chi connectivity index (χ4n) is 2.46. The molecule has 2 fully saturated rings. The lowest BCUT2D eigenvalue weighted by Crippen LogP contribution is -2.50. The molecule has 1 N–H and O–H groups in total. The molecule has 2 heteroatoms.